The maximum absolute atomic E-state index is 14.1. The molecule has 1 aliphatic carbocycles. The van der Waals surface area contributed by atoms with E-state index in [1.165, 1.54) is 0 Å². The molecule has 0 fully saturated rings. The first-order chi connectivity index (χ1) is 20.8. The molecule has 0 saturated heterocycles. The Bertz CT molecular complexity index is 1540. The van der Waals surface area contributed by atoms with E-state index in [0.29, 0.717) is 54.4 Å². The van der Waals surface area contributed by atoms with Crippen LogP contribution in [-0.4, -0.2) is 37.8 Å². The molecular weight excluding hydrogens is 542 g/mol. The molecule has 5 rings (SSSR count). The minimum Gasteiger partial charge on any atom is -0.493 e. The van der Waals surface area contributed by atoms with E-state index >= 15 is 0 Å². The number of Topliss-reactive ketones (excluding diaryl/α,β-unsaturated/α-hetero) is 1. The van der Waals surface area contributed by atoms with Gasteiger partial charge in [-0.1, -0.05) is 55.5 Å². The highest BCUT2D eigenvalue weighted by atomic mass is 16.5. The van der Waals surface area contributed by atoms with Gasteiger partial charge in [0.25, 0.3) is 0 Å². The van der Waals surface area contributed by atoms with E-state index in [1.54, 1.807) is 14.2 Å². The zero-order chi connectivity index (χ0) is 30.5. The number of hydrogen-bond acceptors (Lipinski definition) is 7. The molecule has 0 saturated carbocycles. The number of carbonyl (C=O) groups is 2. The minimum atomic E-state index is -0.710. The summed E-state index contributed by atoms with van der Waals surface area (Å²) in [5.41, 5.74) is 4.83. The van der Waals surface area contributed by atoms with Gasteiger partial charge in [-0.25, -0.2) is 0 Å². The summed E-state index contributed by atoms with van der Waals surface area (Å²) in [5.74, 6) is 0.237. The predicted molar refractivity (Wildman–Crippen MR) is 166 cm³/mol. The van der Waals surface area contributed by atoms with Crippen molar-refractivity contribution in [2.45, 2.75) is 64.6 Å². The van der Waals surface area contributed by atoms with Crippen LogP contribution in [0.25, 0.3) is 0 Å². The van der Waals surface area contributed by atoms with Crippen LogP contribution in [0.2, 0.25) is 0 Å². The third-order valence-electron chi connectivity index (χ3n) is 8.38. The fourth-order valence-electron chi connectivity index (χ4n) is 5.96. The second-order valence-electron chi connectivity index (χ2n) is 11.2. The summed E-state index contributed by atoms with van der Waals surface area (Å²) < 4.78 is 22.9. The number of nitrogens with zero attached hydrogens (tertiary/aromatic N) is 1. The lowest BCUT2D eigenvalue weighted by atomic mass is 9.69. The number of rotatable bonds is 10. The van der Waals surface area contributed by atoms with Gasteiger partial charge in [-0.2, -0.15) is 0 Å². The summed E-state index contributed by atoms with van der Waals surface area (Å²) in [7, 11) is 3.20. The molecule has 7 nitrogen and oxygen atoms in total. The number of esters is 1. The quantitative estimate of drug-likeness (QED) is 0.236. The largest absolute Gasteiger partial charge is 0.493 e. The molecule has 4 atom stereocenters. The van der Waals surface area contributed by atoms with E-state index in [1.807, 2.05) is 93.6 Å². The summed E-state index contributed by atoms with van der Waals surface area (Å²) in [6.07, 6.45) is 1.33. The molecule has 2 aliphatic rings. The molecule has 43 heavy (non-hydrogen) atoms. The van der Waals surface area contributed by atoms with Crippen molar-refractivity contribution >= 4 is 17.5 Å². The highest BCUT2D eigenvalue weighted by Gasteiger charge is 2.45. The van der Waals surface area contributed by atoms with E-state index in [-0.39, 0.29) is 23.8 Å². The number of methoxy groups -OCH3 is 2. The molecule has 0 N–H and O–H groups in total. The van der Waals surface area contributed by atoms with Crippen molar-refractivity contribution in [3.63, 3.8) is 0 Å². The van der Waals surface area contributed by atoms with E-state index in [0.717, 1.165) is 22.4 Å². The van der Waals surface area contributed by atoms with Crippen LogP contribution in [0.15, 0.2) is 89.1 Å². The molecule has 224 valence electrons. The van der Waals surface area contributed by atoms with Gasteiger partial charge < -0.3 is 18.9 Å². The van der Waals surface area contributed by atoms with E-state index in [4.69, 9.17) is 23.9 Å². The Morgan fingerprint density at radius 3 is 2.42 bits per heavy atom. The molecular formula is C36H39NO6. The number of allylic oxidation sites excluding steroid dienone is 2. The molecule has 1 heterocycles. The average molecular weight is 582 g/mol. The third-order valence-corrected chi connectivity index (χ3v) is 8.38. The van der Waals surface area contributed by atoms with Gasteiger partial charge in [-0.3, -0.25) is 14.6 Å². The van der Waals surface area contributed by atoms with Gasteiger partial charge in [0.2, 0.25) is 0 Å². The monoisotopic (exact) mass is 581 g/mol. The fourth-order valence-corrected chi connectivity index (χ4v) is 5.96. The Balaban J connectivity index is 1.52. The highest BCUT2D eigenvalue weighted by Crippen LogP contribution is 2.48. The number of hydrogen-bond donors (Lipinski definition) is 0. The Hall–Kier alpha value is -4.39. The number of ether oxygens (including phenoxy) is 4. The van der Waals surface area contributed by atoms with Crippen LogP contribution in [0.1, 0.15) is 68.6 Å². The second kappa shape index (κ2) is 13.3. The van der Waals surface area contributed by atoms with Crippen molar-refractivity contribution < 1.29 is 28.5 Å². The second-order valence-corrected chi connectivity index (χ2v) is 11.2. The Morgan fingerprint density at radius 2 is 1.70 bits per heavy atom. The number of benzene rings is 3. The SMILES string of the molecule is CC[C@H](C)OC(=O)C1C(C)=NC2=C(C(=O)C[C@H](c3ccc(OC)c(OC)c3)C2)[C@@H]1c1cccc(OCc2ccccc2)c1. The zero-order valence-corrected chi connectivity index (χ0v) is 25.5. The lowest BCUT2D eigenvalue weighted by Crippen LogP contribution is -2.39. The van der Waals surface area contributed by atoms with E-state index in [2.05, 4.69) is 0 Å². The van der Waals surface area contributed by atoms with Crippen LogP contribution in [0.4, 0.5) is 0 Å². The molecule has 0 aromatic heterocycles. The van der Waals surface area contributed by atoms with Crippen molar-refractivity contribution in [1.82, 2.24) is 0 Å². The smallest absolute Gasteiger partial charge is 0.315 e. The van der Waals surface area contributed by atoms with Gasteiger partial charge in [-0.05, 0) is 73.6 Å². The molecule has 0 bridgehead atoms. The Kier molecular flexibility index (Phi) is 9.29. The standard InChI is InChI=1S/C36H39NO6/c1-6-22(2)43-36(39)33-23(3)37-29-18-27(25-15-16-31(40-4)32(20-25)41-5)19-30(38)35(29)34(33)26-13-10-14-28(17-26)42-21-24-11-8-7-9-12-24/h7-17,20,22,27,33-34H,6,18-19,21H2,1-5H3/t22-,27+,33?,34+/m0/s1. The van der Waals surface area contributed by atoms with Crippen molar-refractivity contribution in [1.29, 1.82) is 0 Å². The maximum atomic E-state index is 14.1. The van der Waals surface area contributed by atoms with Crippen LogP contribution in [-0.2, 0) is 20.9 Å². The van der Waals surface area contributed by atoms with Gasteiger partial charge in [0.15, 0.2) is 17.3 Å². The topological polar surface area (TPSA) is 83.4 Å². The van der Waals surface area contributed by atoms with Crippen LogP contribution in [0.3, 0.4) is 0 Å². The van der Waals surface area contributed by atoms with Crippen LogP contribution < -0.4 is 14.2 Å². The number of ketones is 1. The van der Waals surface area contributed by atoms with Crippen molar-refractivity contribution in [2.24, 2.45) is 10.9 Å². The summed E-state index contributed by atoms with van der Waals surface area (Å²) in [6, 6.07) is 23.4. The highest BCUT2D eigenvalue weighted by molar-refractivity contribution is 6.09. The van der Waals surface area contributed by atoms with Crippen molar-refractivity contribution in [3.8, 4) is 17.2 Å². The number of aliphatic imine (C=N–C) groups is 1. The predicted octanol–water partition coefficient (Wildman–Crippen LogP) is 7.20. The minimum absolute atomic E-state index is 0.0146. The first-order valence-corrected chi connectivity index (χ1v) is 14.8. The van der Waals surface area contributed by atoms with Crippen LogP contribution >= 0.6 is 0 Å². The number of carbonyl (C=O) groups excluding carboxylic acids is 2. The summed E-state index contributed by atoms with van der Waals surface area (Å²) in [4.78, 5) is 32.6. The fraction of sp³-hybridized carbons (Fsp3) is 0.361. The van der Waals surface area contributed by atoms with Gasteiger partial charge in [0, 0.05) is 29.3 Å². The van der Waals surface area contributed by atoms with E-state index < -0.39 is 11.8 Å². The molecule has 3 aromatic rings. The lowest BCUT2D eigenvalue weighted by molar-refractivity contribution is -0.151. The van der Waals surface area contributed by atoms with Gasteiger partial charge >= 0.3 is 5.97 Å². The summed E-state index contributed by atoms with van der Waals surface area (Å²) >= 11 is 0. The van der Waals surface area contributed by atoms with E-state index in [9.17, 15) is 9.59 Å². The molecule has 0 radical (unpaired) electrons. The molecule has 0 amide bonds. The van der Waals surface area contributed by atoms with Crippen LogP contribution in [0.5, 0.6) is 17.2 Å². The first-order valence-electron chi connectivity index (χ1n) is 14.8. The van der Waals surface area contributed by atoms with Gasteiger partial charge in [-0.15, -0.1) is 0 Å². The van der Waals surface area contributed by atoms with Crippen molar-refractivity contribution in [3.05, 3.63) is 101 Å². The van der Waals surface area contributed by atoms with Crippen LogP contribution in [0, 0.1) is 5.92 Å². The Morgan fingerprint density at radius 1 is 0.930 bits per heavy atom. The zero-order valence-electron chi connectivity index (χ0n) is 25.5. The first kappa shape index (κ1) is 30.1. The molecule has 7 heteroatoms. The van der Waals surface area contributed by atoms with Gasteiger partial charge in [0.1, 0.15) is 18.3 Å². The molecule has 0 spiro atoms. The molecule has 1 aliphatic heterocycles. The molecule has 3 aromatic carbocycles. The summed E-state index contributed by atoms with van der Waals surface area (Å²) in [5, 5.41) is 0. The van der Waals surface area contributed by atoms with Gasteiger partial charge in [0.05, 0.1) is 20.3 Å². The average Bonchev–Trinajstić information content (AvgIpc) is 3.03. The normalized spacial score (nSPS) is 20.5. The Labute approximate surface area is 253 Å². The molecule has 1 unspecified atom stereocenters. The third kappa shape index (κ3) is 6.51. The lowest BCUT2D eigenvalue weighted by Gasteiger charge is -2.37. The summed E-state index contributed by atoms with van der Waals surface area (Å²) in [6.45, 7) is 6.13. The van der Waals surface area contributed by atoms with Crippen molar-refractivity contribution in [2.75, 3.05) is 14.2 Å². The maximum Gasteiger partial charge on any atom is 0.315 e.